The van der Waals surface area contributed by atoms with E-state index < -0.39 is 11.9 Å². The highest BCUT2D eigenvalue weighted by molar-refractivity contribution is 9.10. The number of phenolic OH excluding ortho intramolecular Hbond substituents is 1. The average molecular weight is 501 g/mol. The molecule has 3 rings (SSSR count). The van der Waals surface area contributed by atoms with E-state index in [9.17, 15) is 19.5 Å². The molecule has 9 heteroatoms. The number of anilines is 1. The Hall–Kier alpha value is -3.43. The van der Waals surface area contributed by atoms with Gasteiger partial charge in [0, 0.05) is 22.7 Å². The second-order valence-corrected chi connectivity index (χ2v) is 8.01. The molecule has 3 aromatic rings. The summed E-state index contributed by atoms with van der Waals surface area (Å²) in [5.74, 6) is -1.04. The second kappa shape index (κ2) is 10.1. The molecule has 0 saturated carbocycles. The van der Waals surface area contributed by atoms with Crippen LogP contribution in [0.4, 0.5) is 5.00 Å². The number of carbonyl (C=O) groups is 3. The van der Waals surface area contributed by atoms with Crippen LogP contribution in [0, 0.1) is 0 Å². The fourth-order valence-electron chi connectivity index (χ4n) is 2.58. The van der Waals surface area contributed by atoms with E-state index >= 15 is 0 Å². The average Bonchev–Trinajstić information content (AvgIpc) is 3.18. The van der Waals surface area contributed by atoms with Gasteiger partial charge in [-0.3, -0.25) is 9.59 Å². The molecule has 1 aromatic heterocycles. The SMILES string of the molecule is C=CC(=O)Oc1ccsc1NC(=O)c1ccc(C(=O)NCc2cccc(O)c2)cc1Br. The molecular weight excluding hydrogens is 484 g/mol. The van der Waals surface area contributed by atoms with Crippen molar-refractivity contribution in [2.24, 2.45) is 0 Å². The third kappa shape index (κ3) is 5.80. The van der Waals surface area contributed by atoms with Crippen molar-refractivity contribution in [2.45, 2.75) is 6.54 Å². The molecule has 31 heavy (non-hydrogen) atoms. The first kappa shape index (κ1) is 22.3. The Balaban J connectivity index is 1.67. The van der Waals surface area contributed by atoms with Crippen molar-refractivity contribution in [1.29, 1.82) is 0 Å². The maximum atomic E-state index is 12.6. The van der Waals surface area contributed by atoms with Gasteiger partial charge in [0.2, 0.25) is 0 Å². The van der Waals surface area contributed by atoms with Gasteiger partial charge in [-0.1, -0.05) is 18.7 Å². The number of carbonyl (C=O) groups excluding carboxylic acids is 3. The summed E-state index contributed by atoms with van der Waals surface area (Å²) in [5.41, 5.74) is 1.42. The molecule has 1 heterocycles. The molecule has 0 aliphatic heterocycles. The number of hydrogen-bond acceptors (Lipinski definition) is 6. The summed E-state index contributed by atoms with van der Waals surface area (Å²) in [5, 5.41) is 17.0. The Morgan fingerprint density at radius 1 is 1.13 bits per heavy atom. The zero-order valence-corrected chi connectivity index (χ0v) is 18.5. The van der Waals surface area contributed by atoms with Crippen LogP contribution < -0.4 is 15.4 Å². The predicted molar refractivity (Wildman–Crippen MR) is 122 cm³/mol. The third-order valence-electron chi connectivity index (χ3n) is 4.07. The van der Waals surface area contributed by atoms with Crippen LogP contribution >= 0.6 is 27.3 Å². The molecular formula is C22H17BrN2O5S. The molecule has 0 aliphatic carbocycles. The number of hydrogen-bond donors (Lipinski definition) is 3. The standard InChI is InChI=1S/C22H17BrN2O5S/c1-2-19(27)30-18-8-9-31-22(18)25-21(29)16-7-6-14(11-17(16)23)20(28)24-12-13-4-3-5-15(26)10-13/h2-11,26H,1,12H2,(H,24,28)(H,25,29). The molecule has 7 nitrogen and oxygen atoms in total. The first-order valence-electron chi connectivity index (χ1n) is 8.96. The fraction of sp³-hybridized carbons (Fsp3) is 0.0455. The molecule has 0 unspecified atom stereocenters. The Morgan fingerprint density at radius 2 is 1.94 bits per heavy atom. The van der Waals surface area contributed by atoms with E-state index in [1.165, 1.54) is 23.5 Å². The quantitative estimate of drug-likeness (QED) is 0.327. The number of nitrogens with one attached hydrogen (secondary N) is 2. The lowest BCUT2D eigenvalue weighted by atomic mass is 10.1. The van der Waals surface area contributed by atoms with Crippen LogP contribution in [0.5, 0.6) is 11.5 Å². The number of benzene rings is 2. The van der Waals surface area contributed by atoms with Crippen molar-refractivity contribution >= 4 is 50.1 Å². The minimum atomic E-state index is -0.629. The summed E-state index contributed by atoms with van der Waals surface area (Å²) in [4.78, 5) is 36.5. The number of amides is 2. The lowest BCUT2D eigenvalue weighted by Gasteiger charge is -2.10. The van der Waals surface area contributed by atoms with Crippen LogP contribution in [0.3, 0.4) is 0 Å². The molecule has 0 atom stereocenters. The van der Waals surface area contributed by atoms with E-state index in [0.29, 0.717) is 20.6 Å². The van der Waals surface area contributed by atoms with Gasteiger partial charge in [-0.2, -0.15) is 0 Å². The largest absolute Gasteiger partial charge is 0.508 e. The van der Waals surface area contributed by atoms with Crippen LogP contribution in [-0.2, 0) is 11.3 Å². The third-order valence-corrected chi connectivity index (χ3v) is 5.54. The maximum absolute atomic E-state index is 12.6. The molecule has 0 spiro atoms. The number of rotatable bonds is 7. The number of esters is 1. The Morgan fingerprint density at radius 3 is 2.65 bits per heavy atom. The predicted octanol–water partition coefficient (Wildman–Crippen LogP) is 4.49. The monoisotopic (exact) mass is 500 g/mol. The summed E-state index contributed by atoms with van der Waals surface area (Å²) in [7, 11) is 0. The first-order valence-corrected chi connectivity index (χ1v) is 10.6. The van der Waals surface area contributed by atoms with Crippen LogP contribution in [0.1, 0.15) is 26.3 Å². The zero-order chi connectivity index (χ0) is 22.4. The highest BCUT2D eigenvalue weighted by Crippen LogP contribution is 2.32. The van der Waals surface area contributed by atoms with Crippen molar-refractivity contribution in [3.05, 3.63) is 87.7 Å². The van der Waals surface area contributed by atoms with Gasteiger partial charge in [0.25, 0.3) is 11.8 Å². The molecule has 158 valence electrons. The summed E-state index contributed by atoms with van der Waals surface area (Å²) in [6.45, 7) is 3.59. The highest BCUT2D eigenvalue weighted by atomic mass is 79.9. The van der Waals surface area contributed by atoms with E-state index in [1.807, 2.05) is 0 Å². The van der Waals surface area contributed by atoms with Gasteiger partial charge in [0.05, 0.1) is 5.56 Å². The molecule has 3 N–H and O–H groups in total. The Bertz CT molecular complexity index is 1160. The van der Waals surface area contributed by atoms with E-state index in [1.54, 1.807) is 41.8 Å². The summed E-state index contributed by atoms with van der Waals surface area (Å²) in [6, 6.07) is 12.8. The summed E-state index contributed by atoms with van der Waals surface area (Å²) < 4.78 is 5.51. The van der Waals surface area contributed by atoms with E-state index in [4.69, 9.17) is 4.74 Å². The van der Waals surface area contributed by atoms with Gasteiger partial charge in [-0.15, -0.1) is 11.3 Å². The minimum Gasteiger partial charge on any atom is -0.508 e. The summed E-state index contributed by atoms with van der Waals surface area (Å²) in [6.07, 6.45) is 1.03. The van der Waals surface area contributed by atoms with Crippen LogP contribution in [0.2, 0.25) is 0 Å². The zero-order valence-electron chi connectivity index (χ0n) is 16.1. The molecule has 2 aromatic carbocycles. The molecule has 0 radical (unpaired) electrons. The van der Waals surface area contributed by atoms with Crippen molar-refractivity contribution in [3.63, 3.8) is 0 Å². The van der Waals surface area contributed by atoms with E-state index in [0.717, 1.165) is 11.6 Å². The lowest BCUT2D eigenvalue weighted by Crippen LogP contribution is -2.23. The van der Waals surface area contributed by atoms with Gasteiger partial charge >= 0.3 is 5.97 Å². The van der Waals surface area contributed by atoms with Gasteiger partial charge < -0.3 is 20.5 Å². The van der Waals surface area contributed by atoms with Crippen LogP contribution in [0.25, 0.3) is 0 Å². The summed E-state index contributed by atoms with van der Waals surface area (Å²) >= 11 is 4.53. The number of phenols is 1. The van der Waals surface area contributed by atoms with Gasteiger partial charge in [0.1, 0.15) is 10.8 Å². The molecule has 0 saturated heterocycles. The Labute approximate surface area is 190 Å². The van der Waals surface area contributed by atoms with E-state index in [-0.39, 0.29) is 24.0 Å². The van der Waals surface area contributed by atoms with Crippen molar-refractivity contribution in [2.75, 3.05) is 5.32 Å². The van der Waals surface area contributed by atoms with Gasteiger partial charge in [-0.05, 0) is 63.3 Å². The topological polar surface area (TPSA) is 105 Å². The van der Waals surface area contributed by atoms with Crippen LogP contribution in [0.15, 0.2) is 71.0 Å². The Kier molecular flexibility index (Phi) is 7.22. The highest BCUT2D eigenvalue weighted by Gasteiger charge is 2.17. The normalized spacial score (nSPS) is 10.2. The van der Waals surface area contributed by atoms with Gasteiger partial charge in [0.15, 0.2) is 5.75 Å². The van der Waals surface area contributed by atoms with Crippen molar-refractivity contribution in [1.82, 2.24) is 5.32 Å². The van der Waals surface area contributed by atoms with E-state index in [2.05, 4.69) is 33.1 Å². The van der Waals surface area contributed by atoms with Crippen LogP contribution in [-0.4, -0.2) is 22.9 Å². The number of thiophene rings is 1. The van der Waals surface area contributed by atoms with Crippen molar-refractivity contribution < 1.29 is 24.2 Å². The van der Waals surface area contributed by atoms with Crippen molar-refractivity contribution in [3.8, 4) is 11.5 Å². The lowest BCUT2D eigenvalue weighted by molar-refractivity contribution is -0.128. The number of aromatic hydroxyl groups is 1. The number of halogens is 1. The number of ether oxygens (including phenoxy) is 1. The van der Waals surface area contributed by atoms with Gasteiger partial charge in [-0.25, -0.2) is 4.79 Å². The second-order valence-electron chi connectivity index (χ2n) is 6.24. The minimum absolute atomic E-state index is 0.123. The molecule has 0 fully saturated rings. The molecule has 0 bridgehead atoms. The first-order chi connectivity index (χ1) is 14.9. The smallest absolute Gasteiger partial charge is 0.335 e. The maximum Gasteiger partial charge on any atom is 0.335 e. The molecule has 0 aliphatic rings. The molecule has 2 amide bonds. The fourth-order valence-corrected chi connectivity index (χ4v) is 3.84.